The van der Waals surface area contributed by atoms with E-state index >= 15 is 0 Å². The van der Waals surface area contributed by atoms with Crippen LogP contribution >= 0.6 is 0 Å². The fourth-order valence-electron chi connectivity index (χ4n) is 0.946. The summed E-state index contributed by atoms with van der Waals surface area (Å²) in [6.45, 7) is 1.47. The van der Waals surface area contributed by atoms with Crippen molar-refractivity contribution in [2.45, 2.75) is 6.92 Å². The number of rotatable bonds is 1. The quantitative estimate of drug-likeness (QED) is 0.655. The normalized spacial score (nSPS) is 11.7. The van der Waals surface area contributed by atoms with E-state index in [2.05, 4.69) is 0 Å². The van der Waals surface area contributed by atoms with E-state index in [0.29, 0.717) is 5.56 Å². The molecule has 0 aliphatic carbocycles. The molecular weight excluding hydrogens is 226 g/mol. The average molecular weight is 234 g/mol. The molecule has 66 valence electrons. The van der Waals surface area contributed by atoms with E-state index in [4.69, 9.17) is 8.19 Å². The zero-order valence-corrected chi connectivity index (χ0v) is 8.24. The Morgan fingerprint density at radius 2 is 2.00 bits per heavy atom. The monoisotopic (exact) mass is 234 g/mol. The van der Waals surface area contributed by atoms with Crippen LogP contribution in [0, 0.1) is 12.7 Å². The number of hydrogen-bond acceptors (Lipinski definition) is 1. The number of hydrogen-bond donors (Lipinski definition) is 2. The third-order valence-corrected chi connectivity index (χ3v) is 3.84. The molecule has 1 aromatic rings. The van der Waals surface area contributed by atoms with Crippen molar-refractivity contribution < 1.29 is 16.3 Å². The standard InChI is InChI=1S/C7H8AsFO3/c1-5-4-6(9)2-3-7(5)8(10,11)12/h2-4H,1H3,(H2,10,11,12). The molecule has 0 aromatic heterocycles. The molecule has 0 amide bonds. The van der Waals surface area contributed by atoms with Gasteiger partial charge in [0.1, 0.15) is 0 Å². The maximum atomic E-state index is 12.5. The molecule has 0 fully saturated rings. The topological polar surface area (TPSA) is 57.5 Å². The molecule has 0 saturated heterocycles. The molecule has 0 saturated carbocycles. The second kappa shape index (κ2) is 3.05. The van der Waals surface area contributed by atoms with E-state index < -0.39 is 20.0 Å². The third-order valence-electron chi connectivity index (χ3n) is 1.47. The van der Waals surface area contributed by atoms with Gasteiger partial charge >= 0.3 is 71.3 Å². The van der Waals surface area contributed by atoms with E-state index in [-0.39, 0.29) is 4.35 Å². The summed E-state index contributed by atoms with van der Waals surface area (Å²) in [4.78, 5) is 0. The predicted octanol–water partition coefficient (Wildman–Crippen LogP) is -0.305. The second-order valence-corrected chi connectivity index (χ2v) is 5.77. The molecule has 3 nitrogen and oxygen atoms in total. The second-order valence-electron chi connectivity index (χ2n) is 2.47. The molecule has 0 heterocycles. The first-order chi connectivity index (χ1) is 5.41. The van der Waals surface area contributed by atoms with E-state index in [1.54, 1.807) is 0 Å². The molecule has 0 atom stereocenters. The van der Waals surface area contributed by atoms with Crippen LogP contribution in [-0.4, -0.2) is 22.4 Å². The minimum atomic E-state index is -4.84. The average Bonchev–Trinajstić information content (AvgIpc) is 1.83. The van der Waals surface area contributed by atoms with Crippen molar-refractivity contribution in [2.75, 3.05) is 0 Å². The van der Waals surface area contributed by atoms with Crippen LogP contribution in [0.4, 0.5) is 4.39 Å². The van der Waals surface area contributed by atoms with E-state index in [0.717, 1.165) is 18.2 Å². The van der Waals surface area contributed by atoms with Crippen LogP contribution in [0.2, 0.25) is 0 Å². The van der Waals surface area contributed by atoms with Crippen LogP contribution in [0.5, 0.6) is 0 Å². The molecule has 0 spiro atoms. The van der Waals surface area contributed by atoms with Crippen LogP contribution in [0.25, 0.3) is 0 Å². The van der Waals surface area contributed by atoms with Crippen molar-refractivity contribution in [3.63, 3.8) is 0 Å². The first-order valence-corrected chi connectivity index (χ1v) is 6.62. The van der Waals surface area contributed by atoms with Gasteiger partial charge in [-0.3, -0.25) is 0 Å². The van der Waals surface area contributed by atoms with Gasteiger partial charge in [-0.15, -0.1) is 0 Å². The molecule has 1 aromatic carbocycles. The summed E-state index contributed by atoms with van der Waals surface area (Å²) in [5.41, 5.74) is 0.294. The van der Waals surface area contributed by atoms with Gasteiger partial charge in [0.25, 0.3) is 0 Å². The molecule has 2 N–H and O–H groups in total. The van der Waals surface area contributed by atoms with Crippen molar-refractivity contribution >= 4 is 18.5 Å². The van der Waals surface area contributed by atoms with Gasteiger partial charge in [0, 0.05) is 0 Å². The number of halogens is 1. The Labute approximate surface area is 71.8 Å². The van der Waals surface area contributed by atoms with Crippen molar-refractivity contribution in [2.24, 2.45) is 0 Å². The molecule has 1 rings (SSSR count). The Balaban J connectivity index is 3.28. The molecule has 0 aliphatic heterocycles. The molecular formula is C7H8AsFO3. The number of benzene rings is 1. The Morgan fingerprint density at radius 3 is 2.42 bits per heavy atom. The third kappa shape index (κ3) is 1.97. The summed E-state index contributed by atoms with van der Waals surface area (Å²) in [7, 11) is 0. The van der Waals surface area contributed by atoms with Gasteiger partial charge < -0.3 is 0 Å². The SMILES string of the molecule is Cc1cc(F)ccc1[As](=O)(O)O. The van der Waals surface area contributed by atoms with Crippen LogP contribution in [0.1, 0.15) is 5.56 Å². The van der Waals surface area contributed by atoms with Crippen molar-refractivity contribution in [3.8, 4) is 0 Å². The van der Waals surface area contributed by atoms with Crippen LogP contribution in [0.3, 0.4) is 0 Å². The fraction of sp³-hybridized carbons (Fsp3) is 0.143. The van der Waals surface area contributed by atoms with Gasteiger partial charge in [-0.2, -0.15) is 0 Å². The van der Waals surface area contributed by atoms with Gasteiger partial charge in [0.2, 0.25) is 0 Å². The van der Waals surface area contributed by atoms with E-state index in [1.807, 2.05) is 0 Å². The summed E-state index contributed by atoms with van der Waals surface area (Å²) in [5.74, 6) is -0.486. The summed E-state index contributed by atoms with van der Waals surface area (Å²) < 4.78 is 40.8. The Hall–Kier alpha value is -0.572. The summed E-state index contributed by atoms with van der Waals surface area (Å²) in [5, 5.41) is 0. The van der Waals surface area contributed by atoms with E-state index in [9.17, 15) is 8.13 Å². The van der Waals surface area contributed by atoms with Gasteiger partial charge in [-0.05, 0) is 0 Å². The van der Waals surface area contributed by atoms with Crippen LogP contribution in [0.15, 0.2) is 18.2 Å². The summed E-state index contributed by atoms with van der Waals surface area (Å²) in [6.07, 6.45) is 0. The maximum absolute atomic E-state index is 12.5. The first-order valence-electron chi connectivity index (χ1n) is 3.23. The molecule has 0 unspecified atom stereocenters. The number of aryl methyl sites for hydroxylation is 1. The van der Waals surface area contributed by atoms with Gasteiger partial charge in [0.05, 0.1) is 0 Å². The molecule has 12 heavy (non-hydrogen) atoms. The Kier molecular flexibility index (Phi) is 2.42. The summed E-state index contributed by atoms with van der Waals surface area (Å²) in [6, 6.07) is 3.28. The summed E-state index contributed by atoms with van der Waals surface area (Å²) >= 11 is -4.84. The first kappa shape index (κ1) is 9.52. The zero-order chi connectivity index (χ0) is 9.35. The fourth-order valence-corrected chi connectivity index (χ4v) is 2.61. The van der Waals surface area contributed by atoms with Gasteiger partial charge in [-0.1, -0.05) is 0 Å². The Morgan fingerprint density at radius 1 is 1.42 bits per heavy atom. The molecule has 0 radical (unpaired) electrons. The van der Waals surface area contributed by atoms with Crippen molar-refractivity contribution in [3.05, 3.63) is 29.6 Å². The molecule has 0 bridgehead atoms. The van der Waals surface area contributed by atoms with E-state index in [1.165, 1.54) is 6.92 Å². The van der Waals surface area contributed by atoms with Crippen LogP contribution in [-0.2, 0) is 3.74 Å². The van der Waals surface area contributed by atoms with Gasteiger partial charge in [-0.25, -0.2) is 0 Å². The van der Waals surface area contributed by atoms with Crippen molar-refractivity contribution in [1.29, 1.82) is 0 Å². The predicted molar refractivity (Wildman–Crippen MR) is 41.6 cm³/mol. The van der Waals surface area contributed by atoms with Crippen molar-refractivity contribution in [1.82, 2.24) is 0 Å². The van der Waals surface area contributed by atoms with Gasteiger partial charge in [0.15, 0.2) is 0 Å². The Bertz CT molecular complexity index is 345. The van der Waals surface area contributed by atoms with Crippen LogP contribution < -0.4 is 4.35 Å². The molecule has 0 aliphatic rings. The minimum absolute atomic E-state index is 0.0606. The molecule has 5 heteroatoms. The zero-order valence-electron chi connectivity index (χ0n) is 6.36.